The van der Waals surface area contributed by atoms with Crippen LogP contribution in [-0.2, 0) is 4.74 Å². The van der Waals surface area contributed by atoms with Gasteiger partial charge >= 0.3 is 5.97 Å². The number of esters is 1. The topological polar surface area (TPSA) is 35.5 Å². The van der Waals surface area contributed by atoms with Crippen LogP contribution in [0.15, 0.2) is 24.3 Å². The van der Waals surface area contributed by atoms with Crippen molar-refractivity contribution in [2.45, 2.75) is 90.0 Å². The number of carbonyl (C=O) groups is 1. The van der Waals surface area contributed by atoms with Gasteiger partial charge in [-0.3, -0.25) is 0 Å². The summed E-state index contributed by atoms with van der Waals surface area (Å²) < 4.78 is 12.1. The molecule has 1 aromatic carbocycles. The predicted molar refractivity (Wildman–Crippen MR) is 113 cm³/mol. The lowest BCUT2D eigenvalue weighted by Crippen LogP contribution is -2.43. The molecule has 3 atom stereocenters. The number of ether oxygens (including phenoxy) is 1. The smallest absolute Gasteiger partial charge is 0.338 e. The van der Waals surface area contributed by atoms with Gasteiger partial charge in [0, 0.05) is 0 Å². The molecule has 3 unspecified atom stereocenters. The van der Waals surface area contributed by atoms with Crippen molar-refractivity contribution in [3.63, 3.8) is 0 Å². The highest BCUT2D eigenvalue weighted by atomic mass is 28.4. The molecule has 0 spiro atoms. The lowest BCUT2D eigenvalue weighted by Gasteiger charge is -2.38. The Bertz CT molecular complexity index is 645. The molecule has 4 heteroatoms. The summed E-state index contributed by atoms with van der Waals surface area (Å²) in [5.41, 5.74) is 0.628. The number of rotatable bonds is 4. The molecule has 2 aliphatic carbocycles. The van der Waals surface area contributed by atoms with Crippen molar-refractivity contribution in [3.05, 3.63) is 29.8 Å². The third-order valence-corrected chi connectivity index (χ3v) is 11.4. The van der Waals surface area contributed by atoms with Crippen LogP contribution in [0.4, 0.5) is 0 Å². The molecule has 1 aromatic rings. The van der Waals surface area contributed by atoms with E-state index in [9.17, 15) is 4.79 Å². The first-order chi connectivity index (χ1) is 12.7. The molecule has 0 N–H and O–H groups in total. The first-order valence-corrected chi connectivity index (χ1v) is 13.6. The van der Waals surface area contributed by atoms with Crippen molar-refractivity contribution in [2.75, 3.05) is 0 Å². The Morgan fingerprint density at radius 1 is 0.963 bits per heavy atom. The van der Waals surface area contributed by atoms with E-state index in [0.29, 0.717) is 5.56 Å². The van der Waals surface area contributed by atoms with E-state index in [2.05, 4.69) is 33.9 Å². The number of fused-ring (bicyclic) bond motifs is 1. The van der Waals surface area contributed by atoms with E-state index < -0.39 is 8.32 Å². The van der Waals surface area contributed by atoms with Gasteiger partial charge in [0.05, 0.1) is 5.56 Å². The van der Waals surface area contributed by atoms with Crippen LogP contribution in [0.5, 0.6) is 5.75 Å². The molecular formula is C23H36O3Si. The Morgan fingerprint density at radius 3 is 2.22 bits per heavy atom. The van der Waals surface area contributed by atoms with Gasteiger partial charge in [-0.05, 0) is 73.5 Å². The molecule has 0 aromatic heterocycles. The highest BCUT2D eigenvalue weighted by Gasteiger charge is 2.39. The number of hydrogen-bond donors (Lipinski definition) is 0. The van der Waals surface area contributed by atoms with Gasteiger partial charge in [0.2, 0.25) is 8.32 Å². The number of carbonyl (C=O) groups excluding carboxylic acids is 1. The molecule has 0 amide bonds. The highest BCUT2D eigenvalue weighted by Crippen LogP contribution is 2.41. The Hall–Kier alpha value is -1.29. The van der Waals surface area contributed by atoms with Crippen molar-refractivity contribution < 1.29 is 14.0 Å². The summed E-state index contributed by atoms with van der Waals surface area (Å²) in [5.74, 6) is 2.31. The Labute approximate surface area is 166 Å². The van der Waals surface area contributed by atoms with E-state index in [1.165, 1.54) is 32.1 Å². The maximum atomic E-state index is 12.6. The average molecular weight is 389 g/mol. The summed E-state index contributed by atoms with van der Waals surface area (Å²) in [5, 5.41) is 0.155. The molecule has 2 aliphatic rings. The highest BCUT2D eigenvalue weighted by molar-refractivity contribution is 6.74. The maximum absolute atomic E-state index is 12.6. The van der Waals surface area contributed by atoms with Crippen molar-refractivity contribution in [1.82, 2.24) is 0 Å². The average Bonchev–Trinajstić information content (AvgIpc) is 2.61. The van der Waals surface area contributed by atoms with Crippen LogP contribution in [-0.4, -0.2) is 20.4 Å². The molecule has 0 radical (unpaired) electrons. The van der Waals surface area contributed by atoms with Gasteiger partial charge in [-0.25, -0.2) is 4.79 Å². The van der Waals surface area contributed by atoms with Crippen LogP contribution in [0, 0.1) is 11.8 Å². The Kier molecular flexibility index (Phi) is 6.04. The quantitative estimate of drug-likeness (QED) is 0.431. The van der Waals surface area contributed by atoms with Gasteiger partial charge < -0.3 is 9.16 Å². The first-order valence-electron chi connectivity index (χ1n) is 10.7. The SMILES string of the molecule is CC(C)(C)[Si](C)(C)Oc1ccc(C(=O)OC2CCC3CCCCC3C2)cc1. The summed E-state index contributed by atoms with van der Waals surface area (Å²) in [6.07, 6.45) is 8.83. The van der Waals surface area contributed by atoms with E-state index in [1.807, 2.05) is 24.3 Å². The Balaban J connectivity index is 1.56. The summed E-state index contributed by atoms with van der Waals surface area (Å²) in [7, 11) is -1.86. The molecule has 3 rings (SSSR count). The maximum Gasteiger partial charge on any atom is 0.338 e. The van der Waals surface area contributed by atoms with E-state index in [0.717, 1.165) is 30.4 Å². The third kappa shape index (κ3) is 4.95. The zero-order chi connectivity index (χ0) is 19.7. The molecule has 0 aliphatic heterocycles. The molecule has 150 valence electrons. The van der Waals surface area contributed by atoms with Crippen LogP contribution in [0.1, 0.15) is 76.1 Å². The summed E-state index contributed by atoms with van der Waals surface area (Å²) >= 11 is 0. The molecule has 27 heavy (non-hydrogen) atoms. The van der Waals surface area contributed by atoms with Crippen molar-refractivity contribution in [1.29, 1.82) is 0 Å². The second-order valence-corrected chi connectivity index (χ2v) is 14.8. The Morgan fingerprint density at radius 2 is 1.59 bits per heavy atom. The molecule has 0 bridgehead atoms. The second-order valence-electron chi connectivity index (χ2n) is 10.0. The lowest BCUT2D eigenvalue weighted by molar-refractivity contribution is -0.000924. The van der Waals surface area contributed by atoms with Gasteiger partial charge in [0.25, 0.3) is 0 Å². The van der Waals surface area contributed by atoms with Gasteiger partial charge in [-0.2, -0.15) is 0 Å². The monoisotopic (exact) mass is 388 g/mol. The molecular weight excluding hydrogens is 352 g/mol. The third-order valence-electron chi connectivity index (χ3n) is 7.03. The molecule has 3 nitrogen and oxygen atoms in total. The fourth-order valence-electron chi connectivity index (χ4n) is 4.26. The van der Waals surface area contributed by atoms with E-state index in [4.69, 9.17) is 9.16 Å². The van der Waals surface area contributed by atoms with Crippen molar-refractivity contribution in [3.8, 4) is 5.75 Å². The standard InChI is InChI=1S/C23H36O3Si/c1-23(2,3)27(4,5)26-20-13-11-18(12-14-20)22(24)25-21-15-10-17-8-6-7-9-19(17)16-21/h11-14,17,19,21H,6-10,15-16H2,1-5H3. The zero-order valence-corrected chi connectivity index (χ0v) is 18.7. The summed E-state index contributed by atoms with van der Waals surface area (Å²) in [6, 6.07) is 7.51. The summed E-state index contributed by atoms with van der Waals surface area (Å²) in [4.78, 5) is 12.6. The van der Waals surface area contributed by atoms with Gasteiger partial charge in [0.15, 0.2) is 0 Å². The minimum Gasteiger partial charge on any atom is -0.544 e. The number of hydrogen-bond acceptors (Lipinski definition) is 3. The van der Waals surface area contributed by atoms with Gasteiger partial charge in [-0.15, -0.1) is 0 Å². The minimum atomic E-state index is -1.86. The largest absolute Gasteiger partial charge is 0.544 e. The van der Waals surface area contributed by atoms with Crippen LogP contribution >= 0.6 is 0 Å². The van der Waals surface area contributed by atoms with Crippen molar-refractivity contribution >= 4 is 14.3 Å². The number of benzene rings is 1. The van der Waals surface area contributed by atoms with Crippen LogP contribution < -0.4 is 4.43 Å². The van der Waals surface area contributed by atoms with E-state index >= 15 is 0 Å². The van der Waals surface area contributed by atoms with E-state index in [1.54, 1.807) is 0 Å². The lowest BCUT2D eigenvalue weighted by atomic mass is 9.70. The zero-order valence-electron chi connectivity index (χ0n) is 17.7. The van der Waals surface area contributed by atoms with Crippen molar-refractivity contribution in [2.24, 2.45) is 11.8 Å². The first kappa shape index (κ1) is 20.4. The van der Waals surface area contributed by atoms with Gasteiger partial charge in [0.1, 0.15) is 11.9 Å². The molecule has 2 fully saturated rings. The fourth-order valence-corrected chi connectivity index (χ4v) is 5.30. The van der Waals surface area contributed by atoms with Crippen LogP contribution in [0.25, 0.3) is 0 Å². The van der Waals surface area contributed by atoms with E-state index in [-0.39, 0.29) is 17.1 Å². The van der Waals surface area contributed by atoms with Crippen LogP contribution in [0.3, 0.4) is 0 Å². The second kappa shape index (κ2) is 7.98. The van der Waals surface area contributed by atoms with Crippen LogP contribution in [0.2, 0.25) is 18.1 Å². The normalized spacial score (nSPS) is 26.2. The summed E-state index contributed by atoms with van der Waals surface area (Å²) in [6.45, 7) is 11.2. The fraction of sp³-hybridized carbons (Fsp3) is 0.696. The molecule has 0 heterocycles. The predicted octanol–water partition coefficient (Wildman–Crippen LogP) is 6.59. The minimum absolute atomic E-state index is 0.0972. The molecule has 2 saturated carbocycles. The van der Waals surface area contributed by atoms with Gasteiger partial charge in [-0.1, -0.05) is 46.5 Å². The molecule has 0 saturated heterocycles.